The second kappa shape index (κ2) is 4.94. The summed E-state index contributed by atoms with van der Waals surface area (Å²) in [6, 6.07) is 1.88. The van der Waals surface area contributed by atoms with E-state index in [1.807, 2.05) is 11.4 Å². The van der Waals surface area contributed by atoms with Gasteiger partial charge in [-0.3, -0.25) is 0 Å². The zero-order valence-corrected chi connectivity index (χ0v) is 7.40. The quantitative estimate of drug-likeness (QED) is 0.669. The first-order valence-electron chi connectivity index (χ1n) is 3.65. The number of thiophene rings is 1. The third kappa shape index (κ3) is 2.35. The molecule has 2 nitrogen and oxygen atoms in total. The fourth-order valence-electron chi connectivity index (χ4n) is 0.788. The zero-order chi connectivity index (χ0) is 8.81. The Bertz CT molecular complexity index is 293. The van der Waals surface area contributed by atoms with Crippen LogP contribution >= 0.6 is 11.3 Å². The second-order valence-corrected chi connectivity index (χ2v) is 3.19. The lowest BCUT2D eigenvalue weighted by molar-refractivity contribution is 0.285. The molecule has 0 aromatic carbocycles. The lowest BCUT2D eigenvalue weighted by Gasteiger charge is -1.88. The van der Waals surface area contributed by atoms with Crippen molar-refractivity contribution in [2.45, 2.75) is 13.0 Å². The fraction of sp³-hybridized carbons (Fsp3) is 0.333. The van der Waals surface area contributed by atoms with E-state index in [4.69, 9.17) is 10.2 Å². The lowest BCUT2D eigenvalue weighted by atomic mass is 10.2. The van der Waals surface area contributed by atoms with Gasteiger partial charge < -0.3 is 10.2 Å². The molecule has 0 bridgehead atoms. The Morgan fingerprint density at radius 1 is 1.42 bits per heavy atom. The van der Waals surface area contributed by atoms with Gasteiger partial charge in [-0.1, -0.05) is 11.8 Å². The minimum atomic E-state index is 0.0425. The standard InChI is InChI=1S/C9H10O2S/c10-5-2-1-3-8-4-6-12-9(8)7-11/h4,6,10-11H,2,5,7H2. The maximum Gasteiger partial charge on any atom is 0.0787 e. The Hall–Kier alpha value is -0.820. The van der Waals surface area contributed by atoms with Gasteiger partial charge in [0.15, 0.2) is 0 Å². The van der Waals surface area contributed by atoms with Gasteiger partial charge in [0.2, 0.25) is 0 Å². The summed E-state index contributed by atoms with van der Waals surface area (Å²) in [6.07, 6.45) is 0.487. The van der Waals surface area contributed by atoms with Crippen LogP contribution in [0.3, 0.4) is 0 Å². The summed E-state index contributed by atoms with van der Waals surface area (Å²) in [5, 5.41) is 19.2. The SMILES string of the molecule is OCCC#Cc1ccsc1CO. The van der Waals surface area contributed by atoms with Crippen LogP contribution in [0.5, 0.6) is 0 Å². The van der Waals surface area contributed by atoms with Gasteiger partial charge in [-0.05, 0) is 11.4 Å². The summed E-state index contributed by atoms with van der Waals surface area (Å²) in [5.74, 6) is 5.69. The molecule has 0 aliphatic rings. The third-order valence-corrected chi connectivity index (χ3v) is 2.25. The molecule has 64 valence electrons. The van der Waals surface area contributed by atoms with Crippen molar-refractivity contribution in [3.05, 3.63) is 21.9 Å². The van der Waals surface area contributed by atoms with Crippen LogP contribution in [0.2, 0.25) is 0 Å². The van der Waals surface area contributed by atoms with E-state index >= 15 is 0 Å². The van der Waals surface area contributed by atoms with E-state index in [9.17, 15) is 0 Å². The van der Waals surface area contributed by atoms with Crippen LogP contribution in [0.4, 0.5) is 0 Å². The molecule has 3 heteroatoms. The Labute approximate surface area is 75.5 Å². The number of aliphatic hydroxyl groups is 2. The van der Waals surface area contributed by atoms with Gasteiger partial charge >= 0.3 is 0 Å². The number of hydrogen-bond donors (Lipinski definition) is 2. The summed E-state index contributed by atoms with van der Waals surface area (Å²) < 4.78 is 0. The molecule has 0 saturated carbocycles. The van der Waals surface area contributed by atoms with E-state index in [0.717, 1.165) is 10.4 Å². The highest BCUT2D eigenvalue weighted by Gasteiger charge is 1.97. The van der Waals surface area contributed by atoms with Crippen LogP contribution in [0.25, 0.3) is 0 Å². The van der Waals surface area contributed by atoms with E-state index in [0.29, 0.717) is 6.42 Å². The Morgan fingerprint density at radius 2 is 2.25 bits per heavy atom. The third-order valence-electron chi connectivity index (χ3n) is 1.35. The average molecular weight is 182 g/mol. The molecule has 0 amide bonds. The van der Waals surface area contributed by atoms with Crippen LogP contribution in [0.1, 0.15) is 16.9 Å². The number of aliphatic hydroxyl groups excluding tert-OH is 2. The van der Waals surface area contributed by atoms with E-state index in [1.54, 1.807) is 0 Å². The Balaban J connectivity index is 2.69. The van der Waals surface area contributed by atoms with Gasteiger partial charge in [0.25, 0.3) is 0 Å². The summed E-state index contributed by atoms with van der Waals surface area (Å²) >= 11 is 1.49. The first-order chi connectivity index (χ1) is 5.88. The maximum atomic E-state index is 8.86. The van der Waals surface area contributed by atoms with Gasteiger partial charge in [-0.15, -0.1) is 11.3 Å². The van der Waals surface area contributed by atoms with E-state index in [2.05, 4.69) is 11.8 Å². The highest BCUT2D eigenvalue weighted by atomic mass is 32.1. The molecule has 0 atom stereocenters. The largest absolute Gasteiger partial charge is 0.395 e. The summed E-state index contributed by atoms with van der Waals surface area (Å²) in [4.78, 5) is 0.889. The highest BCUT2D eigenvalue weighted by Crippen LogP contribution is 2.14. The maximum absolute atomic E-state index is 8.86. The molecule has 0 fully saturated rings. The predicted octanol–water partition coefficient (Wildman–Crippen LogP) is 0.974. The molecular formula is C9H10O2S. The Kier molecular flexibility index (Phi) is 3.81. The minimum Gasteiger partial charge on any atom is -0.395 e. The molecule has 0 saturated heterocycles. The van der Waals surface area contributed by atoms with Crippen molar-refractivity contribution in [1.29, 1.82) is 0 Å². The van der Waals surface area contributed by atoms with Gasteiger partial charge in [-0.25, -0.2) is 0 Å². The monoisotopic (exact) mass is 182 g/mol. The van der Waals surface area contributed by atoms with Crippen LogP contribution in [0, 0.1) is 11.8 Å². The molecule has 2 N–H and O–H groups in total. The lowest BCUT2D eigenvalue weighted by Crippen LogP contribution is -1.81. The van der Waals surface area contributed by atoms with Crippen LogP contribution in [0.15, 0.2) is 11.4 Å². The van der Waals surface area contributed by atoms with Gasteiger partial charge in [0, 0.05) is 16.9 Å². The van der Waals surface area contributed by atoms with Crippen molar-refractivity contribution in [2.75, 3.05) is 6.61 Å². The molecule has 0 aliphatic carbocycles. The number of rotatable bonds is 2. The van der Waals surface area contributed by atoms with Crippen molar-refractivity contribution in [3.63, 3.8) is 0 Å². The topological polar surface area (TPSA) is 40.5 Å². The molecule has 0 radical (unpaired) electrons. The molecule has 0 spiro atoms. The Morgan fingerprint density at radius 3 is 2.92 bits per heavy atom. The molecule has 1 aromatic heterocycles. The van der Waals surface area contributed by atoms with Crippen LogP contribution in [-0.2, 0) is 6.61 Å². The highest BCUT2D eigenvalue weighted by molar-refractivity contribution is 7.10. The van der Waals surface area contributed by atoms with Crippen LogP contribution < -0.4 is 0 Å². The van der Waals surface area contributed by atoms with Crippen molar-refractivity contribution in [2.24, 2.45) is 0 Å². The molecule has 0 unspecified atom stereocenters. The second-order valence-electron chi connectivity index (χ2n) is 2.19. The van der Waals surface area contributed by atoms with Crippen molar-refractivity contribution in [1.82, 2.24) is 0 Å². The molecule has 1 heterocycles. The van der Waals surface area contributed by atoms with Gasteiger partial charge in [0.1, 0.15) is 0 Å². The number of hydrogen-bond acceptors (Lipinski definition) is 3. The van der Waals surface area contributed by atoms with E-state index in [1.165, 1.54) is 11.3 Å². The summed E-state index contributed by atoms with van der Waals surface area (Å²) in [5.41, 5.74) is 0.871. The van der Waals surface area contributed by atoms with Gasteiger partial charge in [0.05, 0.1) is 13.2 Å². The minimum absolute atomic E-state index is 0.0425. The summed E-state index contributed by atoms with van der Waals surface area (Å²) in [6.45, 7) is 0.131. The predicted molar refractivity (Wildman–Crippen MR) is 48.8 cm³/mol. The van der Waals surface area contributed by atoms with Crippen molar-refractivity contribution in [3.8, 4) is 11.8 Å². The normalized spacial score (nSPS) is 9.17. The first kappa shape index (κ1) is 9.27. The first-order valence-corrected chi connectivity index (χ1v) is 4.53. The van der Waals surface area contributed by atoms with E-state index < -0.39 is 0 Å². The molecule has 1 rings (SSSR count). The van der Waals surface area contributed by atoms with Crippen molar-refractivity contribution >= 4 is 11.3 Å². The van der Waals surface area contributed by atoms with Crippen molar-refractivity contribution < 1.29 is 10.2 Å². The van der Waals surface area contributed by atoms with E-state index in [-0.39, 0.29) is 13.2 Å². The summed E-state index contributed by atoms with van der Waals surface area (Å²) in [7, 11) is 0. The molecule has 12 heavy (non-hydrogen) atoms. The molecule has 0 aliphatic heterocycles. The van der Waals surface area contributed by atoms with Crippen LogP contribution in [-0.4, -0.2) is 16.8 Å². The van der Waals surface area contributed by atoms with Gasteiger partial charge in [-0.2, -0.15) is 0 Å². The molecule has 1 aromatic rings. The smallest absolute Gasteiger partial charge is 0.0787 e. The fourth-order valence-corrected chi connectivity index (χ4v) is 1.48. The molecular weight excluding hydrogens is 172 g/mol. The zero-order valence-electron chi connectivity index (χ0n) is 6.58. The average Bonchev–Trinajstić information content (AvgIpc) is 2.52.